The summed E-state index contributed by atoms with van der Waals surface area (Å²) < 4.78 is 26.2. The summed E-state index contributed by atoms with van der Waals surface area (Å²) in [6, 6.07) is 8.57. The van der Waals surface area contributed by atoms with Crippen LogP contribution in [0, 0.1) is 6.92 Å². The number of benzene rings is 2. The first-order chi connectivity index (χ1) is 21.7. The molecule has 2 fully saturated rings. The zero-order valence-corrected chi connectivity index (χ0v) is 28.8. The lowest BCUT2D eigenvalue weighted by Gasteiger charge is -2.50. The molecule has 4 heterocycles. The van der Waals surface area contributed by atoms with Crippen LogP contribution < -0.4 is 25.6 Å². The number of anilines is 5. The number of halogens is 2. The van der Waals surface area contributed by atoms with Crippen molar-refractivity contribution < 1.29 is 13.9 Å². The maximum atomic E-state index is 14.6. The molecule has 2 aliphatic heterocycles. The lowest BCUT2D eigenvalue weighted by atomic mass is 9.91. The number of piperidine rings is 1. The van der Waals surface area contributed by atoms with Crippen molar-refractivity contribution in [3.8, 4) is 5.75 Å². The minimum Gasteiger partial charge on any atom is -0.494 e. The van der Waals surface area contributed by atoms with Gasteiger partial charge in [-0.3, -0.25) is 14.9 Å². The van der Waals surface area contributed by atoms with Crippen molar-refractivity contribution in [3.63, 3.8) is 0 Å². The van der Waals surface area contributed by atoms with Crippen molar-refractivity contribution in [1.29, 1.82) is 0 Å². The number of methoxy groups -OCH3 is 2. The molecule has 2 N–H and O–H groups in total. The maximum absolute atomic E-state index is 14.6. The van der Waals surface area contributed by atoms with E-state index >= 15 is 0 Å². The number of ether oxygens (including phenoxy) is 2. The molecule has 2 saturated heterocycles. The Bertz CT molecular complexity index is 1680. The Morgan fingerprint density at radius 3 is 2.51 bits per heavy atom. The number of aryl methyl sites for hydroxylation is 1. The summed E-state index contributed by atoms with van der Waals surface area (Å²) in [5.41, 5.74) is 4.57. The molecule has 0 spiro atoms. The quantitative estimate of drug-likeness (QED) is 0.192. The number of nitrogens with zero attached hydrogens (tertiary/aromatic N) is 6. The van der Waals surface area contributed by atoms with Gasteiger partial charge in [-0.1, -0.05) is 7.92 Å². The summed E-state index contributed by atoms with van der Waals surface area (Å²) in [5.74, 6) is 1.79. The molecule has 10 nitrogen and oxygen atoms in total. The van der Waals surface area contributed by atoms with Crippen LogP contribution in [0.5, 0.6) is 5.75 Å². The van der Waals surface area contributed by atoms with Crippen LogP contribution in [-0.2, 0) is 4.74 Å². The van der Waals surface area contributed by atoms with Gasteiger partial charge < -0.3 is 25.0 Å². The molecule has 45 heavy (non-hydrogen) atoms. The van der Waals surface area contributed by atoms with Gasteiger partial charge in [0.15, 0.2) is 5.67 Å². The first-order valence-corrected chi connectivity index (χ1v) is 18.0. The van der Waals surface area contributed by atoms with Gasteiger partial charge in [0.1, 0.15) is 11.6 Å². The van der Waals surface area contributed by atoms with Crippen LogP contribution in [-0.4, -0.2) is 96.9 Å². The molecule has 2 aromatic carbocycles. The Kier molecular flexibility index (Phi) is 9.38. The molecule has 238 valence electrons. The standard InChI is InChI=1S/C32H39BrFN8O2P/c1-20-14-25(27(44-3)15-26(20)41-12-8-21(9-13-41)42-17-32(34,18-42)19-43-2)39-31-37-16-22(33)30(40-31)38-24-7-6-23-28(29(24)45(4)5)36-11-10-35-23/h6-7,10-11,14-16,21H,8-9,12-13,17-19H2,1-5H3,(H2,37,38,39,40). The van der Waals surface area contributed by atoms with Gasteiger partial charge in [0.05, 0.1) is 34.9 Å². The third-order valence-electron chi connectivity index (χ3n) is 8.52. The molecule has 0 atom stereocenters. The van der Waals surface area contributed by atoms with Crippen LogP contribution in [0.4, 0.5) is 33.2 Å². The monoisotopic (exact) mass is 696 g/mol. The van der Waals surface area contributed by atoms with Gasteiger partial charge in [0.2, 0.25) is 5.95 Å². The molecule has 4 aromatic rings. The van der Waals surface area contributed by atoms with E-state index in [9.17, 15) is 4.39 Å². The molecule has 0 saturated carbocycles. The summed E-state index contributed by atoms with van der Waals surface area (Å²) in [7, 11) is 2.76. The Hall–Kier alpha value is -3.18. The molecule has 0 radical (unpaired) electrons. The first kappa shape index (κ1) is 31.8. The van der Waals surface area contributed by atoms with Crippen molar-refractivity contribution in [3.05, 3.63) is 52.9 Å². The van der Waals surface area contributed by atoms with Crippen LogP contribution in [0.25, 0.3) is 11.0 Å². The first-order valence-electron chi connectivity index (χ1n) is 15.0. The van der Waals surface area contributed by atoms with E-state index in [2.05, 4.69) is 83.7 Å². The zero-order valence-electron chi connectivity index (χ0n) is 26.3. The Balaban J connectivity index is 1.17. The highest BCUT2D eigenvalue weighted by atomic mass is 79.9. The van der Waals surface area contributed by atoms with E-state index in [0.717, 1.165) is 69.4 Å². The van der Waals surface area contributed by atoms with E-state index in [1.807, 2.05) is 12.1 Å². The normalized spacial score (nSPS) is 17.0. The number of alkyl halides is 1. The van der Waals surface area contributed by atoms with Crippen LogP contribution in [0.15, 0.2) is 47.3 Å². The third-order valence-corrected chi connectivity index (χ3v) is 10.4. The van der Waals surface area contributed by atoms with Gasteiger partial charge in [-0.15, -0.1) is 0 Å². The maximum Gasteiger partial charge on any atom is 0.229 e. The van der Waals surface area contributed by atoms with E-state index in [1.54, 1.807) is 32.8 Å². The summed E-state index contributed by atoms with van der Waals surface area (Å²) in [4.78, 5) is 23.1. The molecule has 2 aromatic heterocycles. The fraction of sp³-hybridized carbons (Fsp3) is 0.438. The SMILES string of the molecule is COCC1(F)CN(C2CCN(c3cc(OC)c(Nc4ncc(Br)c(Nc5ccc6nccnc6c5P(C)C)n4)cc3C)CC2)C1. The van der Waals surface area contributed by atoms with Gasteiger partial charge in [0.25, 0.3) is 0 Å². The lowest BCUT2D eigenvalue weighted by molar-refractivity contribution is -0.0977. The number of hydrogen-bond acceptors (Lipinski definition) is 10. The second-order valence-corrected chi connectivity index (χ2v) is 15.1. The number of fused-ring (bicyclic) bond motifs is 1. The van der Waals surface area contributed by atoms with Gasteiger partial charge in [-0.2, -0.15) is 4.98 Å². The lowest BCUT2D eigenvalue weighted by Crippen LogP contribution is -2.65. The van der Waals surface area contributed by atoms with Gasteiger partial charge in [-0.25, -0.2) is 9.37 Å². The average molecular weight is 698 g/mol. The fourth-order valence-electron chi connectivity index (χ4n) is 6.38. The van der Waals surface area contributed by atoms with E-state index < -0.39 is 13.6 Å². The molecule has 0 bridgehead atoms. The topological polar surface area (TPSA) is 101 Å². The fourth-order valence-corrected chi connectivity index (χ4v) is 7.88. The van der Waals surface area contributed by atoms with Crippen LogP contribution in [0.2, 0.25) is 0 Å². The van der Waals surface area contributed by atoms with Crippen LogP contribution in [0.1, 0.15) is 18.4 Å². The highest BCUT2D eigenvalue weighted by Gasteiger charge is 2.46. The van der Waals surface area contributed by atoms with Crippen LogP contribution >= 0.6 is 23.9 Å². The molecule has 6 rings (SSSR count). The van der Waals surface area contributed by atoms with E-state index in [4.69, 9.17) is 14.5 Å². The highest BCUT2D eigenvalue weighted by Crippen LogP contribution is 2.38. The summed E-state index contributed by atoms with van der Waals surface area (Å²) in [6.45, 7) is 9.44. The molecule has 0 aliphatic carbocycles. The Labute approximate surface area is 273 Å². The molecule has 13 heteroatoms. The van der Waals surface area contributed by atoms with Crippen molar-refractivity contribution in [2.45, 2.75) is 31.5 Å². The minimum atomic E-state index is -1.20. The van der Waals surface area contributed by atoms with Crippen molar-refractivity contribution in [2.24, 2.45) is 0 Å². The van der Waals surface area contributed by atoms with Gasteiger partial charge in [0, 0.05) is 80.7 Å². The summed E-state index contributed by atoms with van der Waals surface area (Å²) in [6.07, 6.45) is 7.17. The molecule has 0 unspecified atom stereocenters. The predicted octanol–water partition coefficient (Wildman–Crippen LogP) is 5.99. The molecule has 2 aliphatic rings. The number of likely N-dealkylation sites (tertiary alicyclic amines) is 1. The zero-order chi connectivity index (χ0) is 31.7. The summed E-state index contributed by atoms with van der Waals surface area (Å²) in [5, 5.41) is 8.02. The number of rotatable bonds is 10. The molecular weight excluding hydrogens is 658 g/mol. The summed E-state index contributed by atoms with van der Waals surface area (Å²) >= 11 is 3.62. The molecule has 0 amide bonds. The van der Waals surface area contributed by atoms with Crippen molar-refractivity contribution >= 4 is 69.0 Å². The predicted molar refractivity (Wildman–Crippen MR) is 184 cm³/mol. The van der Waals surface area contributed by atoms with Gasteiger partial charge in [-0.05, 0) is 72.8 Å². The van der Waals surface area contributed by atoms with Crippen molar-refractivity contribution in [1.82, 2.24) is 24.8 Å². The smallest absolute Gasteiger partial charge is 0.229 e. The Morgan fingerprint density at radius 1 is 1.04 bits per heavy atom. The average Bonchev–Trinajstić information content (AvgIpc) is 3.01. The van der Waals surface area contributed by atoms with Crippen LogP contribution in [0.3, 0.4) is 0 Å². The number of hydrogen-bond donors (Lipinski definition) is 2. The largest absolute Gasteiger partial charge is 0.494 e. The second-order valence-electron chi connectivity index (χ2n) is 12.0. The highest BCUT2D eigenvalue weighted by molar-refractivity contribution is 9.10. The molecular formula is C32H39BrFN8O2P. The minimum absolute atomic E-state index is 0.171. The number of aromatic nitrogens is 4. The van der Waals surface area contributed by atoms with E-state index in [-0.39, 0.29) is 6.61 Å². The Morgan fingerprint density at radius 2 is 1.80 bits per heavy atom. The van der Waals surface area contributed by atoms with E-state index in [1.165, 1.54) is 0 Å². The van der Waals surface area contributed by atoms with E-state index in [0.29, 0.717) is 36.6 Å². The van der Waals surface area contributed by atoms with Crippen molar-refractivity contribution in [2.75, 3.05) is 75.9 Å². The second kappa shape index (κ2) is 13.3. The third kappa shape index (κ3) is 6.70. The number of nitrogens with one attached hydrogen (secondary N) is 2. The van der Waals surface area contributed by atoms with Gasteiger partial charge >= 0.3 is 0 Å².